The summed E-state index contributed by atoms with van der Waals surface area (Å²) in [5.74, 6) is 0. The third kappa shape index (κ3) is 4.12. The Morgan fingerprint density at radius 2 is 1.70 bits per heavy atom. The van der Waals surface area contributed by atoms with E-state index in [1.54, 1.807) is 4.68 Å². The van der Waals surface area contributed by atoms with Gasteiger partial charge in [-0.2, -0.15) is 5.10 Å². The summed E-state index contributed by atoms with van der Waals surface area (Å²) >= 11 is 0. The summed E-state index contributed by atoms with van der Waals surface area (Å²) in [4.78, 5) is 12.3. The number of urea groups is 1. The molecule has 5 nitrogen and oxygen atoms in total. The first-order chi connectivity index (χ1) is 10.8. The molecule has 1 aromatic heterocycles. The van der Waals surface area contributed by atoms with Gasteiger partial charge in [0.25, 0.3) is 0 Å². The van der Waals surface area contributed by atoms with Crippen molar-refractivity contribution in [2.45, 2.75) is 46.7 Å². The molecule has 1 heterocycles. The van der Waals surface area contributed by atoms with E-state index in [-0.39, 0.29) is 18.1 Å². The minimum absolute atomic E-state index is 0.0444. The van der Waals surface area contributed by atoms with Crippen LogP contribution in [0, 0.1) is 20.8 Å². The molecule has 0 aliphatic rings. The largest absolute Gasteiger partial charge is 0.332 e. The number of carbonyl (C=O) groups is 1. The number of benzene rings is 1. The van der Waals surface area contributed by atoms with Crippen molar-refractivity contribution in [1.29, 1.82) is 0 Å². The van der Waals surface area contributed by atoms with E-state index in [1.165, 1.54) is 11.1 Å². The van der Waals surface area contributed by atoms with Crippen molar-refractivity contribution in [3.63, 3.8) is 0 Å². The van der Waals surface area contributed by atoms with Crippen molar-refractivity contribution in [2.24, 2.45) is 7.05 Å². The summed E-state index contributed by atoms with van der Waals surface area (Å²) < 4.78 is 1.76. The topological polar surface area (TPSA) is 59.0 Å². The maximum Gasteiger partial charge on any atom is 0.315 e. The number of amides is 2. The van der Waals surface area contributed by atoms with Gasteiger partial charge in [-0.25, -0.2) is 4.79 Å². The van der Waals surface area contributed by atoms with Crippen LogP contribution in [0.3, 0.4) is 0 Å². The molecule has 0 fully saturated rings. The predicted molar refractivity (Wildman–Crippen MR) is 92.4 cm³/mol. The van der Waals surface area contributed by atoms with Crippen LogP contribution < -0.4 is 10.6 Å². The van der Waals surface area contributed by atoms with E-state index in [4.69, 9.17) is 0 Å². The molecule has 0 unspecified atom stereocenters. The molecule has 23 heavy (non-hydrogen) atoms. The van der Waals surface area contributed by atoms with Crippen molar-refractivity contribution in [3.8, 4) is 0 Å². The number of hydrogen-bond acceptors (Lipinski definition) is 2. The van der Waals surface area contributed by atoms with Crippen LogP contribution in [-0.4, -0.2) is 15.8 Å². The van der Waals surface area contributed by atoms with Gasteiger partial charge in [-0.1, -0.05) is 23.8 Å². The molecule has 0 aliphatic heterocycles. The van der Waals surface area contributed by atoms with Crippen LogP contribution in [0.4, 0.5) is 4.79 Å². The lowest BCUT2D eigenvalue weighted by atomic mass is 10.0. The standard InChI is InChI=1S/C18H26N4O/c1-11-7-8-12(2)16(9-11)13(3)19-18(23)20-14(4)17-10-22(6)21-15(17)5/h7-10,13-14H,1-6H3,(H2,19,20,23)/t13-,14+/m1/s1. The Kier molecular flexibility index (Phi) is 5.08. The molecule has 2 amide bonds. The number of rotatable bonds is 4. The minimum Gasteiger partial charge on any atom is -0.332 e. The molecule has 5 heteroatoms. The molecule has 0 radical (unpaired) electrons. The Labute approximate surface area is 138 Å². The van der Waals surface area contributed by atoms with Gasteiger partial charge in [-0.3, -0.25) is 4.68 Å². The molecule has 124 valence electrons. The van der Waals surface area contributed by atoms with Gasteiger partial charge in [-0.15, -0.1) is 0 Å². The Balaban J connectivity index is 2.01. The van der Waals surface area contributed by atoms with E-state index in [0.29, 0.717) is 0 Å². The van der Waals surface area contributed by atoms with Crippen molar-refractivity contribution in [1.82, 2.24) is 20.4 Å². The summed E-state index contributed by atoms with van der Waals surface area (Å²) in [5.41, 5.74) is 5.48. The molecule has 2 aromatic rings. The zero-order valence-electron chi connectivity index (χ0n) is 14.8. The summed E-state index contributed by atoms with van der Waals surface area (Å²) in [7, 11) is 1.88. The Morgan fingerprint density at radius 3 is 2.26 bits per heavy atom. The first kappa shape index (κ1) is 17.1. The number of aromatic nitrogens is 2. The van der Waals surface area contributed by atoms with Crippen LogP contribution in [0.1, 0.15) is 53.9 Å². The number of aryl methyl sites for hydroxylation is 4. The first-order valence-electron chi connectivity index (χ1n) is 7.92. The van der Waals surface area contributed by atoms with Crippen molar-refractivity contribution in [2.75, 3.05) is 0 Å². The van der Waals surface area contributed by atoms with E-state index in [9.17, 15) is 4.79 Å². The molecular weight excluding hydrogens is 288 g/mol. The van der Waals surface area contributed by atoms with Gasteiger partial charge in [0.05, 0.1) is 17.8 Å². The smallest absolute Gasteiger partial charge is 0.315 e. The lowest BCUT2D eigenvalue weighted by Crippen LogP contribution is -2.38. The molecule has 0 spiro atoms. The predicted octanol–water partition coefficient (Wildman–Crippen LogP) is 3.47. The Hall–Kier alpha value is -2.30. The maximum absolute atomic E-state index is 12.3. The molecule has 0 saturated carbocycles. The molecule has 0 saturated heterocycles. The number of carbonyl (C=O) groups excluding carboxylic acids is 1. The highest BCUT2D eigenvalue weighted by Gasteiger charge is 2.16. The summed E-state index contributed by atoms with van der Waals surface area (Å²) in [6, 6.07) is 5.98. The van der Waals surface area contributed by atoms with Gasteiger partial charge in [0.1, 0.15) is 0 Å². The van der Waals surface area contributed by atoms with Gasteiger partial charge in [-0.05, 0) is 45.7 Å². The molecule has 1 aromatic carbocycles. The first-order valence-corrected chi connectivity index (χ1v) is 7.92. The van der Waals surface area contributed by atoms with E-state index >= 15 is 0 Å². The second-order valence-corrected chi connectivity index (χ2v) is 6.26. The SMILES string of the molecule is Cc1ccc(C)c([C@@H](C)NC(=O)N[C@@H](C)c2cn(C)nc2C)c1. The second kappa shape index (κ2) is 6.86. The lowest BCUT2D eigenvalue weighted by molar-refractivity contribution is 0.235. The van der Waals surface area contributed by atoms with Gasteiger partial charge in [0.15, 0.2) is 0 Å². The van der Waals surface area contributed by atoms with Crippen LogP contribution in [0.15, 0.2) is 24.4 Å². The van der Waals surface area contributed by atoms with Crippen molar-refractivity contribution < 1.29 is 4.79 Å². The zero-order chi connectivity index (χ0) is 17.1. The monoisotopic (exact) mass is 314 g/mol. The molecule has 2 atom stereocenters. The van der Waals surface area contributed by atoms with E-state index < -0.39 is 0 Å². The van der Waals surface area contributed by atoms with E-state index in [0.717, 1.165) is 16.8 Å². The highest BCUT2D eigenvalue weighted by molar-refractivity contribution is 5.75. The molecule has 0 aliphatic carbocycles. The number of hydrogen-bond donors (Lipinski definition) is 2. The van der Waals surface area contributed by atoms with Crippen LogP contribution in [0.2, 0.25) is 0 Å². The third-order valence-electron chi connectivity index (χ3n) is 4.11. The number of nitrogens with zero attached hydrogens (tertiary/aromatic N) is 2. The van der Waals surface area contributed by atoms with Crippen molar-refractivity contribution in [3.05, 3.63) is 52.3 Å². The van der Waals surface area contributed by atoms with Crippen LogP contribution in [0.5, 0.6) is 0 Å². The van der Waals surface area contributed by atoms with E-state index in [1.807, 2.05) is 34.0 Å². The van der Waals surface area contributed by atoms with Gasteiger partial charge in [0, 0.05) is 18.8 Å². The van der Waals surface area contributed by atoms with Gasteiger partial charge in [0.2, 0.25) is 0 Å². The van der Waals surface area contributed by atoms with Crippen LogP contribution in [0.25, 0.3) is 0 Å². The maximum atomic E-state index is 12.3. The fraction of sp³-hybridized carbons (Fsp3) is 0.444. The summed E-state index contributed by atoms with van der Waals surface area (Å²) in [5, 5.41) is 10.3. The molecular formula is C18H26N4O. The normalized spacial score (nSPS) is 13.5. The lowest BCUT2D eigenvalue weighted by Gasteiger charge is -2.20. The van der Waals surface area contributed by atoms with Crippen LogP contribution in [-0.2, 0) is 7.05 Å². The highest BCUT2D eigenvalue weighted by Crippen LogP contribution is 2.19. The second-order valence-electron chi connectivity index (χ2n) is 6.26. The summed E-state index contributed by atoms with van der Waals surface area (Å²) in [6.07, 6.45) is 1.94. The average molecular weight is 314 g/mol. The molecule has 2 rings (SSSR count). The van der Waals surface area contributed by atoms with Gasteiger partial charge >= 0.3 is 6.03 Å². The highest BCUT2D eigenvalue weighted by atomic mass is 16.2. The fourth-order valence-electron chi connectivity index (χ4n) is 2.86. The minimum atomic E-state index is -0.172. The molecule has 2 N–H and O–H groups in total. The average Bonchev–Trinajstić information content (AvgIpc) is 2.80. The van der Waals surface area contributed by atoms with E-state index in [2.05, 4.69) is 47.8 Å². The molecule has 0 bridgehead atoms. The Bertz CT molecular complexity index is 705. The fourth-order valence-corrected chi connectivity index (χ4v) is 2.86. The van der Waals surface area contributed by atoms with Gasteiger partial charge < -0.3 is 10.6 Å². The quantitative estimate of drug-likeness (QED) is 0.908. The Morgan fingerprint density at radius 1 is 1.09 bits per heavy atom. The third-order valence-corrected chi connectivity index (χ3v) is 4.11. The summed E-state index contributed by atoms with van der Waals surface area (Å²) in [6.45, 7) is 10.0. The number of nitrogens with one attached hydrogen (secondary N) is 2. The van der Waals surface area contributed by atoms with Crippen LogP contribution >= 0.6 is 0 Å². The van der Waals surface area contributed by atoms with Crippen molar-refractivity contribution >= 4 is 6.03 Å². The zero-order valence-corrected chi connectivity index (χ0v) is 14.8.